The summed E-state index contributed by atoms with van der Waals surface area (Å²) in [5.74, 6) is -0.978. The van der Waals surface area contributed by atoms with E-state index in [0.29, 0.717) is 0 Å². The summed E-state index contributed by atoms with van der Waals surface area (Å²) < 4.78 is 20.9. The number of hydrogen-bond acceptors (Lipinski definition) is 16. The SMILES string of the molecule is O=C(CCS)OCC(COC(=O)CCS)(COC(=O)CCS)COC(=O)CCS.OCC(CO)(CO)CO. The highest BCUT2D eigenvalue weighted by atomic mass is 32.1. The van der Waals surface area contributed by atoms with Crippen LogP contribution in [0.2, 0.25) is 0 Å². The molecule has 4 N–H and O–H groups in total. The third kappa shape index (κ3) is 18.4. The van der Waals surface area contributed by atoms with Crippen LogP contribution in [0.4, 0.5) is 0 Å². The normalized spacial score (nSPS) is 11.2. The molecular weight excluding hydrogens is 584 g/mol. The molecule has 0 unspecified atom stereocenters. The Balaban J connectivity index is 0. The van der Waals surface area contributed by atoms with Crippen LogP contribution in [0.3, 0.4) is 0 Å². The van der Waals surface area contributed by atoms with E-state index in [2.05, 4.69) is 50.5 Å². The molecule has 0 aromatic rings. The summed E-state index contributed by atoms with van der Waals surface area (Å²) in [4.78, 5) is 47.1. The quantitative estimate of drug-likeness (QED) is 0.0488. The summed E-state index contributed by atoms with van der Waals surface area (Å²) in [6.45, 7) is -2.75. The fraction of sp³-hybridized carbons (Fsp3) is 0.818. The smallest absolute Gasteiger partial charge is 0.306 e. The van der Waals surface area contributed by atoms with Crippen LogP contribution in [-0.4, -0.2) is 120 Å². The summed E-state index contributed by atoms with van der Waals surface area (Å²) in [7, 11) is 0. The lowest BCUT2D eigenvalue weighted by Crippen LogP contribution is -2.44. The van der Waals surface area contributed by atoms with Crippen molar-refractivity contribution in [2.75, 3.05) is 75.9 Å². The monoisotopic (exact) mass is 624 g/mol. The molecule has 0 fully saturated rings. The molecule has 0 bridgehead atoms. The highest BCUT2D eigenvalue weighted by Gasteiger charge is 2.37. The number of carbonyl (C=O) groups excluding carboxylic acids is 4. The Morgan fingerprint density at radius 3 is 0.789 bits per heavy atom. The van der Waals surface area contributed by atoms with Crippen LogP contribution in [0.25, 0.3) is 0 Å². The van der Waals surface area contributed by atoms with Gasteiger partial charge in [-0.15, -0.1) is 0 Å². The predicted molar refractivity (Wildman–Crippen MR) is 151 cm³/mol. The molecule has 0 aliphatic heterocycles. The van der Waals surface area contributed by atoms with Gasteiger partial charge in [-0.1, -0.05) is 0 Å². The maximum atomic E-state index is 11.8. The van der Waals surface area contributed by atoms with Crippen molar-refractivity contribution in [1.82, 2.24) is 0 Å². The molecule has 0 radical (unpaired) electrons. The summed E-state index contributed by atoms with van der Waals surface area (Å²) >= 11 is 15.9. The first-order valence-corrected chi connectivity index (χ1v) is 14.1. The van der Waals surface area contributed by atoms with Crippen LogP contribution in [0.1, 0.15) is 25.7 Å². The minimum Gasteiger partial charge on any atom is -0.465 e. The number of carbonyl (C=O) groups is 4. The molecule has 0 aliphatic carbocycles. The second kappa shape index (κ2) is 24.0. The summed E-state index contributed by atoms with van der Waals surface area (Å²) in [6, 6.07) is 0. The van der Waals surface area contributed by atoms with Crippen molar-refractivity contribution in [3.8, 4) is 0 Å². The van der Waals surface area contributed by atoms with Crippen molar-refractivity contribution in [2.45, 2.75) is 25.7 Å². The van der Waals surface area contributed by atoms with Gasteiger partial charge in [-0.25, -0.2) is 0 Å². The molecule has 0 saturated carbocycles. The van der Waals surface area contributed by atoms with Gasteiger partial charge in [-0.2, -0.15) is 50.5 Å². The van der Waals surface area contributed by atoms with E-state index in [1.54, 1.807) is 0 Å². The van der Waals surface area contributed by atoms with Crippen LogP contribution in [0.15, 0.2) is 0 Å². The number of aliphatic hydroxyl groups excluding tert-OH is 4. The molecule has 0 spiro atoms. The molecule has 16 heteroatoms. The maximum absolute atomic E-state index is 11.8. The molecule has 224 valence electrons. The number of hydrogen-bond donors (Lipinski definition) is 8. The van der Waals surface area contributed by atoms with Gasteiger partial charge in [-0.3, -0.25) is 19.2 Å². The molecule has 0 rings (SSSR count). The standard InChI is InChI=1S/C17H28O8S4.C5H12O4/c18-13(1-5-26)22-9-17(10-23-14(19)2-6-27,11-24-15(20)3-7-28)12-25-16(21)4-8-29;6-1-5(2-7,3-8)4-9/h26-29H,1-12H2;6-9H,1-4H2. The van der Waals surface area contributed by atoms with Crippen molar-refractivity contribution in [3.63, 3.8) is 0 Å². The predicted octanol–water partition coefficient (Wildman–Crippen LogP) is -0.633. The first-order valence-electron chi connectivity index (χ1n) is 11.6. The zero-order valence-corrected chi connectivity index (χ0v) is 24.7. The number of esters is 4. The van der Waals surface area contributed by atoms with Gasteiger partial charge in [0.2, 0.25) is 0 Å². The third-order valence-corrected chi connectivity index (χ3v) is 5.66. The Bertz CT molecular complexity index is 566. The minimum absolute atomic E-state index is 0.0670. The summed E-state index contributed by atoms with van der Waals surface area (Å²) in [5.41, 5.74) is -2.36. The van der Waals surface area contributed by atoms with Crippen molar-refractivity contribution < 1.29 is 58.6 Å². The number of ether oxygens (including phenoxy) is 4. The van der Waals surface area contributed by atoms with Crippen molar-refractivity contribution >= 4 is 74.4 Å². The molecule has 0 aromatic heterocycles. The van der Waals surface area contributed by atoms with E-state index in [1.807, 2.05) is 0 Å². The zero-order valence-electron chi connectivity index (χ0n) is 21.2. The van der Waals surface area contributed by atoms with E-state index in [0.717, 1.165) is 0 Å². The van der Waals surface area contributed by atoms with Crippen LogP contribution in [0.5, 0.6) is 0 Å². The molecule has 0 saturated heterocycles. The van der Waals surface area contributed by atoms with E-state index < -0.39 is 61.1 Å². The molecule has 38 heavy (non-hydrogen) atoms. The average molecular weight is 625 g/mol. The minimum atomic E-state index is -1.25. The van der Waals surface area contributed by atoms with Gasteiger partial charge in [-0.05, 0) is 0 Å². The molecule has 0 amide bonds. The largest absolute Gasteiger partial charge is 0.465 e. The van der Waals surface area contributed by atoms with Crippen LogP contribution >= 0.6 is 50.5 Å². The van der Waals surface area contributed by atoms with E-state index >= 15 is 0 Å². The van der Waals surface area contributed by atoms with Gasteiger partial charge in [0.15, 0.2) is 0 Å². The first-order chi connectivity index (χ1) is 18.1. The average Bonchev–Trinajstić information content (AvgIpc) is 2.90. The maximum Gasteiger partial charge on any atom is 0.306 e. The highest BCUT2D eigenvalue weighted by molar-refractivity contribution is 7.80. The Morgan fingerprint density at radius 2 is 0.658 bits per heavy atom. The van der Waals surface area contributed by atoms with E-state index in [-0.39, 0.29) is 75.1 Å². The van der Waals surface area contributed by atoms with Gasteiger partial charge < -0.3 is 39.4 Å². The molecule has 12 nitrogen and oxygen atoms in total. The van der Waals surface area contributed by atoms with Crippen molar-refractivity contribution in [1.29, 1.82) is 0 Å². The molecule has 0 atom stereocenters. The number of rotatable bonds is 20. The second-order valence-electron chi connectivity index (χ2n) is 8.17. The van der Waals surface area contributed by atoms with Gasteiger partial charge in [0.05, 0.1) is 57.5 Å². The number of thiol groups is 4. The van der Waals surface area contributed by atoms with Crippen molar-refractivity contribution in [3.05, 3.63) is 0 Å². The Labute approximate surface area is 244 Å². The molecular formula is C22H40O12S4. The van der Waals surface area contributed by atoms with Crippen molar-refractivity contribution in [2.24, 2.45) is 10.8 Å². The lowest BCUT2D eigenvalue weighted by Gasteiger charge is -2.31. The topological polar surface area (TPSA) is 186 Å². The van der Waals surface area contributed by atoms with Crippen LogP contribution in [-0.2, 0) is 38.1 Å². The molecule has 0 aromatic carbocycles. The van der Waals surface area contributed by atoms with E-state index in [9.17, 15) is 19.2 Å². The molecule has 0 aliphatic rings. The lowest BCUT2D eigenvalue weighted by molar-refractivity contribution is -0.170. The zero-order chi connectivity index (χ0) is 29.5. The number of aliphatic hydroxyl groups is 4. The van der Waals surface area contributed by atoms with E-state index in [4.69, 9.17) is 39.4 Å². The summed E-state index contributed by atoms with van der Waals surface area (Å²) in [5, 5.41) is 34.0. The van der Waals surface area contributed by atoms with E-state index in [1.165, 1.54) is 0 Å². The molecule has 0 heterocycles. The van der Waals surface area contributed by atoms with Gasteiger partial charge in [0, 0.05) is 23.0 Å². The summed E-state index contributed by atoms with van der Waals surface area (Å²) in [6.07, 6.45) is 0.268. The van der Waals surface area contributed by atoms with Gasteiger partial charge in [0.25, 0.3) is 0 Å². The second-order valence-corrected chi connectivity index (χ2v) is 9.96. The van der Waals surface area contributed by atoms with Gasteiger partial charge in [0.1, 0.15) is 31.8 Å². The Hall–Kier alpha value is -0.880. The third-order valence-electron chi connectivity index (χ3n) is 4.76. The van der Waals surface area contributed by atoms with Gasteiger partial charge >= 0.3 is 23.9 Å². The van der Waals surface area contributed by atoms with Crippen LogP contribution in [0, 0.1) is 10.8 Å². The Morgan fingerprint density at radius 1 is 0.447 bits per heavy atom. The highest BCUT2D eigenvalue weighted by Crippen LogP contribution is 2.22. The Kier molecular flexibility index (Phi) is 24.8. The lowest BCUT2D eigenvalue weighted by atomic mass is 9.92. The fourth-order valence-corrected chi connectivity index (χ4v) is 2.87. The first kappa shape index (κ1) is 39.3. The van der Waals surface area contributed by atoms with Crippen LogP contribution < -0.4 is 0 Å². The fourth-order valence-electron chi connectivity index (χ4n) is 2.14.